The van der Waals surface area contributed by atoms with Crippen LogP contribution in [0.3, 0.4) is 0 Å². The van der Waals surface area contributed by atoms with Crippen molar-refractivity contribution in [2.75, 3.05) is 12.8 Å². The Balaban J connectivity index is -0.0000000784. The number of rotatable bonds is 2. The van der Waals surface area contributed by atoms with Gasteiger partial charge in [0.15, 0.2) is 0 Å². The second-order valence-electron chi connectivity index (χ2n) is 4.48. The summed E-state index contributed by atoms with van der Waals surface area (Å²) in [6, 6.07) is 13.5. The van der Waals surface area contributed by atoms with Crippen molar-refractivity contribution in [2.24, 2.45) is 0 Å². The molecule has 0 aliphatic heterocycles. The molecule has 0 saturated heterocycles. The summed E-state index contributed by atoms with van der Waals surface area (Å²) in [6.07, 6.45) is 0. The van der Waals surface area contributed by atoms with Crippen molar-refractivity contribution in [3.05, 3.63) is 72.6 Å². The first-order valence-electron chi connectivity index (χ1n) is 10.7. The molecule has 0 aliphatic carbocycles. The van der Waals surface area contributed by atoms with Crippen LogP contribution in [0.15, 0.2) is 48.5 Å². The normalized spacial score (nSPS) is 7.47. The number of carboxylic acid groups (broad SMARTS) is 1. The number of esters is 1. The average molecular weight is 854 g/mol. The van der Waals surface area contributed by atoms with E-state index < -0.39 is 5.97 Å². The fraction of sp³-hybridized carbons (Fsp3) is 0.400. The van der Waals surface area contributed by atoms with Crippen LogP contribution in [-0.4, -0.2) is 24.2 Å². The maximum absolute atomic E-state index is 10.9. The molecule has 0 spiro atoms. The Morgan fingerprint density at radius 2 is 1.21 bits per heavy atom. The van der Waals surface area contributed by atoms with Crippen molar-refractivity contribution in [3.8, 4) is 0 Å². The molecule has 0 unspecified atom stereocenters. The number of nitrogen functional groups attached to an aromatic ring is 1. The molecule has 0 fully saturated rings. The second-order valence-corrected chi connectivity index (χ2v) is 39.9. The van der Waals surface area contributed by atoms with Crippen molar-refractivity contribution in [2.45, 2.75) is 62.3 Å². The van der Waals surface area contributed by atoms with Crippen molar-refractivity contribution < 1.29 is 24.4 Å². The van der Waals surface area contributed by atoms with Gasteiger partial charge >= 0.3 is 76.8 Å². The van der Waals surface area contributed by atoms with E-state index in [0.29, 0.717) is 16.8 Å². The first kappa shape index (κ1) is 47.2. The standard InChI is InChI=1S/C8H9NO2.C8H8O2.4C2H6.CH3.3HI.V/c1-11-8(10)6-3-2-4-7(9)5-6;1-6-3-2-4-7(5-6)8(9)10;4*1-2;;;;;/h2-5H,9H2,1H3;2-5H,1H3,(H,9,10);4*1-2H3;1H3;3*1H;/q;;;;;;-1;;;;+3/p-3. The molecule has 2 aromatic carbocycles. The van der Waals surface area contributed by atoms with Crippen LogP contribution in [-0.2, 0) is 9.66 Å². The third kappa shape index (κ3) is 34.1. The van der Waals surface area contributed by atoms with Gasteiger partial charge in [-0.3, -0.25) is 0 Å². The fourth-order valence-corrected chi connectivity index (χ4v) is 1.56. The molecule has 0 amide bonds. The van der Waals surface area contributed by atoms with Crippen LogP contribution in [0, 0.1) is 14.4 Å². The zero-order valence-corrected chi connectivity index (χ0v) is 30.3. The van der Waals surface area contributed by atoms with Crippen molar-refractivity contribution in [1.82, 2.24) is 0 Å². The van der Waals surface area contributed by atoms with E-state index >= 15 is 0 Å². The van der Waals surface area contributed by atoms with Gasteiger partial charge in [0.05, 0.1) is 18.2 Å². The SMILES string of the molecule is CC.CC.CC.CC.COC(=O)c1cccc(N)c1.Cc1cccc(C(=O)O)c1.[CH3-].[I][V]([I])[I]. The van der Waals surface area contributed by atoms with Gasteiger partial charge in [0.1, 0.15) is 0 Å². The summed E-state index contributed by atoms with van der Waals surface area (Å²) in [4.78, 5) is 21.0. The van der Waals surface area contributed by atoms with Gasteiger partial charge in [0.25, 0.3) is 0 Å². The van der Waals surface area contributed by atoms with E-state index in [1.54, 1.807) is 42.5 Å². The fourth-order valence-electron chi connectivity index (χ4n) is 1.56. The van der Waals surface area contributed by atoms with Gasteiger partial charge in [-0.05, 0) is 37.3 Å². The minimum atomic E-state index is -0.872. The monoisotopic (exact) mass is 854 g/mol. The molecule has 0 bridgehead atoms. The number of carboxylic acids is 1. The van der Waals surface area contributed by atoms with E-state index in [1.165, 1.54) is 7.11 Å². The van der Waals surface area contributed by atoms with E-state index in [1.807, 2.05) is 68.4 Å². The van der Waals surface area contributed by atoms with Gasteiger partial charge < -0.3 is 23.0 Å². The second kappa shape index (κ2) is 37.5. The molecule has 200 valence electrons. The van der Waals surface area contributed by atoms with Gasteiger partial charge in [-0.25, -0.2) is 9.59 Å². The molecule has 0 saturated carbocycles. The zero-order valence-electron chi connectivity index (χ0n) is 22.4. The van der Waals surface area contributed by atoms with Crippen LogP contribution >= 0.6 is 59.9 Å². The van der Waals surface area contributed by atoms with E-state index in [0.717, 1.165) is 5.56 Å². The van der Waals surface area contributed by atoms with Gasteiger partial charge in [-0.1, -0.05) is 79.2 Å². The summed E-state index contributed by atoms with van der Waals surface area (Å²) in [5.41, 5.74) is 7.80. The Hall–Kier alpha value is -0.0456. The van der Waals surface area contributed by atoms with Gasteiger partial charge in [-0.2, -0.15) is 0 Å². The number of aromatic carboxylic acids is 1. The first-order chi connectivity index (χ1) is 15.7. The molecule has 3 N–H and O–H groups in total. The molecule has 34 heavy (non-hydrogen) atoms. The average Bonchev–Trinajstić information content (AvgIpc) is 2.84. The zero-order chi connectivity index (χ0) is 27.4. The van der Waals surface area contributed by atoms with Crippen molar-refractivity contribution in [3.63, 3.8) is 0 Å². The molecule has 2 rings (SSSR count). The number of nitrogens with two attached hydrogens (primary N) is 1. The predicted molar refractivity (Wildman–Crippen MR) is 174 cm³/mol. The van der Waals surface area contributed by atoms with Gasteiger partial charge in [0, 0.05) is 5.69 Å². The summed E-state index contributed by atoms with van der Waals surface area (Å²) >= 11 is 7.39. The predicted octanol–water partition coefficient (Wildman–Crippen LogP) is 9.96. The minimum absolute atomic E-state index is 0. The van der Waals surface area contributed by atoms with Crippen LogP contribution < -0.4 is 5.73 Å². The molecule has 0 aliphatic rings. The van der Waals surface area contributed by atoms with Crippen molar-refractivity contribution >= 4 is 77.6 Å². The Bertz CT molecular complexity index is 701. The third-order valence-corrected chi connectivity index (χ3v) is 2.57. The molecule has 2 aromatic rings. The molecule has 5 nitrogen and oxygen atoms in total. The van der Waals surface area contributed by atoms with Crippen molar-refractivity contribution in [1.29, 1.82) is 0 Å². The number of carbonyl (C=O) groups excluding carboxylic acids is 1. The van der Waals surface area contributed by atoms with E-state index in [2.05, 4.69) is 64.7 Å². The number of halogens is 3. The molecule has 0 radical (unpaired) electrons. The number of anilines is 1. The van der Waals surface area contributed by atoms with Gasteiger partial charge in [0.2, 0.25) is 0 Å². The number of carbonyl (C=O) groups is 2. The summed E-state index contributed by atoms with van der Waals surface area (Å²) in [5.74, 6) is -1.24. The molecular formula is C25H44I3NO4V-. The number of hydrogen-bond acceptors (Lipinski definition) is 4. The van der Waals surface area contributed by atoms with Crippen LogP contribution in [0.1, 0.15) is 81.7 Å². The molecule has 0 heterocycles. The van der Waals surface area contributed by atoms with E-state index in [-0.39, 0.29) is 18.3 Å². The molecule has 0 atom stereocenters. The Labute approximate surface area is 247 Å². The van der Waals surface area contributed by atoms with Crippen LogP contribution in [0.4, 0.5) is 5.69 Å². The number of hydrogen-bond donors (Lipinski definition) is 2. The summed E-state index contributed by atoms with van der Waals surface area (Å²) in [5, 5.41) is 8.51. The number of ether oxygens (including phenoxy) is 1. The Morgan fingerprint density at radius 3 is 1.50 bits per heavy atom. The number of methoxy groups -OCH3 is 1. The first-order valence-corrected chi connectivity index (χ1v) is 24.2. The van der Waals surface area contributed by atoms with E-state index in [9.17, 15) is 9.59 Å². The molecule has 9 heteroatoms. The van der Waals surface area contributed by atoms with E-state index in [4.69, 9.17) is 10.8 Å². The number of benzene rings is 2. The molecular weight excluding hydrogens is 810 g/mol. The molecule has 0 aromatic heterocycles. The Kier molecular flexibility index (Phi) is 52.0. The van der Waals surface area contributed by atoms with Gasteiger partial charge in [-0.15, -0.1) is 0 Å². The van der Waals surface area contributed by atoms with Crippen LogP contribution in [0.2, 0.25) is 0 Å². The number of aryl methyl sites for hydroxylation is 1. The third-order valence-electron chi connectivity index (χ3n) is 2.57. The Morgan fingerprint density at radius 1 is 0.824 bits per heavy atom. The summed E-state index contributed by atoms with van der Waals surface area (Å²) < 4.78 is 4.50. The summed E-state index contributed by atoms with van der Waals surface area (Å²) in [7, 11) is 1.34. The maximum atomic E-state index is 10.9. The topological polar surface area (TPSA) is 89.6 Å². The quantitative estimate of drug-likeness (QED) is 0.136. The van der Waals surface area contributed by atoms with Crippen LogP contribution in [0.25, 0.3) is 0 Å². The summed E-state index contributed by atoms with van der Waals surface area (Å²) in [6.45, 7) is 17.9. The van der Waals surface area contributed by atoms with Crippen LogP contribution in [0.5, 0.6) is 0 Å².